The van der Waals surface area contributed by atoms with E-state index >= 15 is 0 Å². The maximum atomic E-state index is 12.9. The van der Waals surface area contributed by atoms with Crippen LogP contribution in [0.2, 0.25) is 0 Å². The van der Waals surface area contributed by atoms with E-state index in [1.807, 2.05) is 4.57 Å². The molecule has 0 aromatic carbocycles. The second-order valence-corrected chi connectivity index (χ2v) is 10.1. The van der Waals surface area contributed by atoms with E-state index in [1.165, 1.54) is 25.7 Å². The summed E-state index contributed by atoms with van der Waals surface area (Å²) in [6.07, 6.45) is 11.1. The van der Waals surface area contributed by atoms with E-state index in [0.29, 0.717) is 12.5 Å². The molecule has 0 amide bonds. The molecule has 4 rings (SSSR count). The predicted octanol–water partition coefficient (Wildman–Crippen LogP) is 2.62. The molecule has 1 aromatic rings. The van der Waals surface area contributed by atoms with E-state index in [2.05, 4.69) is 9.88 Å². The maximum Gasteiger partial charge on any atom is 0.227 e. The van der Waals surface area contributed by atoms with Gasteiger partial charge in [-0.25, -0.2) is 13.4 Å². The topological polar surface area (TPSA) is 64.4 Å². The minimum atomic E-state index is -3.32. The summed E-state index contributed by atoms with van der Waals surface area (Å²) in [4.78, 5) is 6.84. The molecule has 1 unspecified atom stereocenters. The Morgan fingerprint density at radius 1 is 1.08 bits per heavy atom. The fraction of sp³-hybridized carbons (Fsp3) is 0.842. The van der Waals surface area contributed by atoms with Gasteiger partial charge in [-0.15, -0.1) is 0 Å². The Morgan fingerprint density at radius 3 is 2.50 bits per heavy atom. The van der Waals surface area contributed by atoms with Crippen LogP contribution in [0.15, 0.2) is 11.4 Å². The molecule has 3 aliphatic rings. The van der Waals surface area contributed by atoms with Gasteiger partial charge in [0.1, 0.15) is 0 Å². The molecule has 26 heavy (non-hydrogen) atoms. The number of hydrogen-bond acceptors (Lipinski definition) is 5. The number of ether oxygens (including phenoxy) is 1. The van der Waals surface area contributed by atoms with Gasteiger partial charge in [0.25, 0.3) is 0 Å². The molecule has 1 atom stereocenters. The highest BCUT2D eigenvalue weighted by atomic mass is 32.2. The first-order valence-electron chi connectivity index (χ1n) is 10.2. The molecular weight excluding hydrogens is 350 g/mol. The summed E-state index contributed by atoms with van der Waals surface area (Å²) in [5.41, 5.74) is 1.02. The standard InChI is InChI=1S/C19H31N3O3S/c23-26(24,15-16-7-8-16)19-20-12-17(13-21-9-3-1-2-4-10-21)22(19)14-18-6-5-11-25-18/h12,16,18H,1-11,13-15H2. The highest BCUT2D eigenvalue weighted by molar-refractivity contribution is 7.91. The fourth-order valence-electron chi connectivity index (χ4n) is 4.15. The molecule has 3 heterocycles. The largest absolute Gasteiger partial charge is 0.376 e. The number of hydrogen-bond donors (Lipinski definition) is 0. The second-order valence-electron chi connectivity index (χ2n) is 8.19. The van der Waals surface area contributed by atoms with Crippen molar-refractivity contribution in [2.75, 3.05) is 25.4 Å². The lowest BCUT2D eigenvalue weighted by Gasteiger charge is -2.22. The van der Waals surface area contributed by atoms with Gasteiger partial charge in [-0.3, -0.25) is 4.90 Å². The van der Waals surface area contributed by atoms with Crippen molar-refractivity contribution in [3.63, 3.8) is 0 Å². The van der Waals surface area contributed by atoms with Crippen LogP contribution in [0.5, 0.6) is 0 Å². The van der Waals surface area contributed by atoms with Gasteiger partial charge in [0.05, 0.1) is 30.3 Å². The van der Waals surface area contributed by atoms with E-state index < -0.39 is 9.84 Å². The second kappa shape index (κ2) is 7.98. The lowest BCUT2D eigenvalue weighted by molar-refractivity contribution is 0.0933. The lowest BCUT2D eigenvalue weighted by atomic mass is 10.2. The number of nitrogens with zero attached hydrogens (tertiary/aromatic N) is 3. The number of likely N-dealkylation sites (tertiary alicyclic amines) is 1. The van der Waals surface area contributed by atoms with Crippen molar-refractivity contribution >= 4 is 9.84 Å². The van der Waals surface area contributed by atoms with Gasteiger partial charge in [-0.2, -0.15) is 0 Å². The van der Waals surface area contributed by atoms with Gasteiger partial charge < -0.3 is 9.30 Å². The molecule has 2 saturated heterocycles. The highest BCUT2D eigenvalue weighted by Crippen LogP contribution is 2.32. The van der Waals surface area contributed by atoms with Crippen molar-refractivity contribution in [1.82, 2.24) is 14.5 Å². The number of rotatable bonds is 7. The molecule has 7 heteroatoms. The Hall–Kier alpha value is -0.920. The molecule has 0 N–H and O–H groups in total. The average molecular weight is 382 g/mol. The molecule has 0 bridgehead atoms. The SMILES string of the molecule is O=S(=O)(CC1CC1)c1ncc(CN2CCCCCC2)n1CC1CCCO1. The molecule has 1 aliphatic carbocycles. The van der Waals surface area contributed by atoms with Gasteiger partial charge in [0.15, 0.2) is 0 Å². The lowest BCUT2D eigenvalue weighted by Crippen LogP contribution is -2.28. The van der Waals surface area contributed by atoms with Crippen molar-refractivity contribution < 1.29 is 13.2 Å². The monoisotopic (exact) mass is 381 g/mol. The first-order chi connectivity index (χ1) is 12.6. The number of sulfone groups is 1. The summed E-state index contributed by atoms with van der Waals surface area (Å²) in [5.74, 6) is 0.584. The molecule has 0 radical (unpaired) electrons. The minimum absolute atomic E-state index is 0.113. The third kappa shape index (κ3) is 4.49. The van der Waals surface area contributed by atoms with Gasteiger partial charge in [-0.05, 0) is 57.5 Å². The van der Waals surface area contributed by atoms with Crippen LogP contribution < -0.4 is 0 Å². The maximum absolute atomic E-state index is 12.9. The summed E-state index contributed by atoms with van der Waals surface area (Å²) in [6.45, 7) is 4.37. The van der Waals surface area contributed by atoms with E-state index in [-0.39, 0.29) is 17.0 Å². The zero-order chi connectivity index (χ0) is 18.0. The summed E-state index contributed by atoms with van der Waals surface area (Å²) >= 11 is 0. The normalized spacial score (nSPS) is 25.5. The Bertz CT molecular complexity index is 698. The summed E-state index contributed by atoms with van der Waals surface area (Å²) in [5, 5.41) is 0.268. The molecule has 3 fully saturated rings. The van der Waals surface area contributed by atoms with Crippen molar-refractivity contribution in [3.8, 4) is 0 Å². The van der Waals surface area contributed by atoms with E-state index in [0.717, 1.165) is 57.6 Å². The first-order valence-corrected chi connectivity index (χ1v) is 11.9. The van der Waals surface area contributed by atoms with Crippen LogP contribution in [0.4, 0.5) is 0 Å². The molecule has 2 aliphatic heterocycles. The fourth-order valence-corrected chi connectivity index (χ4v) is 5.99. The third-order valence-corrected chi connectivity index (χ3v) is 7.62. The molecule has 1 aromatic heterocycles. The van der Waals surface area contributed by atoms with Crippen LogP contribution in [0.3, 0.4) is 0 Å². The number of imidazole rings is 1. The third-order valence-electron chi connectivity index (χ3n) is 5.83. The number of aromatic nitrogens is 2. The van der Waals surface area contributed by atoms with Crippen LogP contribution in [0.1, 0.15) is 57.1 Å². The van der Waals surface area contributed by atoms with Crippen molar-refractivity contribution in [3.05, 3.63) is 11.9 Å². The zero-order valence-corrected chi connectivity index (χ0v) is 16.4. The van der Waals surface area contributed by atoms with Gasteiger partial charge in [0, 0.05) is 13.2 Å². The Labute approximate surface area is 156 Å². The van der Waals surface area contributed by atoms with Crippen LogP contribution >= 0.6 is 0 Å². The van der Waals surface area contributed by atoms with E-state index in [4.69, 9.17) is 4.74 Å². The molecule has 1 saturated carbocycles. The van der Waals surface area contributed by atoms with Crippen LogP contribution in [0.25, 0.3) is 0 Å². The Balaban J connectivity index is 1.57. The van der Waals surface area contributed by atoms with Crippen molar-refractivity contribution in [1.29, 1.82) is 0 Å². The van der Waals surface area contributed by atoms with Gasteiger partial charge in [0.2, 0.25) is 15.0 Å². The Kier molecular flexibility index (Phi) is 5.66. The quantitative estimate of drug-likeness (QED) is 0.726. The van der Waals surface area contributed by atoms with Crippen molar-refractivity contribution in [2.45, 2.75) is 75.7 Å². The minimum Gasteiger partial charge on any atom is -0.376 e. The van der Waals surface area contributed by atoms with Gasteiger partial charge >= 0.3 is 0 Å². The van der Waals surface area contributed by atoms with Crippen LogP contribution in [0, 0.1) is 5.92 Å². The van der Waals surface area contributed by atoms with Crippen LogP contribution in [-0.2, 0) is 27.7 Å². The van der Waals surface area contributed by atoms with Crippen molar-refractivity contribution in [2.24, 2.45) is 5.92 Å². The molecule has 146 valence electrons. The zero-order valence-electron chi connectivity index (χ0n) is 15.6. The highest BCUT2D eigenvalue weighted by Gasteiger charge is 2.33. The van der Waals surface area contributed by atoms with E-state index in [1.54, 1.807) is 6.20 Å². The summed E-state index contributed by atoms with van der Waals surface area (Å²) < 4.78 is 33.6. The molecular formula is C19H31N3O3S. The Morgan fingerprint density at radius 2 is 1.85 bits per heavy atom. The van der Waals surface area contributed by atoms with Crippen LogP contribution in [-0.4, -0.2) is 54.4 Å². The first kappa shape index (κ1) is 18.4. The molecule has 0 spiro atoms. The average Bonchev–Trinajstić information content (AvgIpc) is 3.18. The summed E-state index contributed by atoms with van der Waals surface area (Å²) in [6, 6.07) is 0. The summed E-state index contributed by atoms with van der Waals surface area (Å²) in [7, 11) is -3.32. The predicted molar refractivity (Wildman–Crippen MR) is 99.7 cm³/mol. The van der Waals surface area contributed by atoms with Gasteiger partial charge in [-0.1, -0.05) is 12.8 Å². The smallest absolute Gasteiger partial charge is 0.227 e. The molecule has 6 nitrogen and oxygen atoms in total. The van der Waals surface area contributed by atoms with E-state index in [9.17, 15) is 8.42 Å².